The van der Waals surface area contributed by atoms with Gasteiger partial charge in [-0.25, -0.2) is 0 Å². The summed E-state index contributed by atoms with van der Waals surface area (Å²) in [6.07, 6.45) is 6.35. The number of benzene rings is 1. The van der Waals surface area contributed by atoms with E-state index in [1.54, 1.807) is 7.11 Å². The molecule has 1 aromatic rings. The number of hydrogen-bond donors (Lipinski definition) is 2. The Morgan fingerprint density at radius 1 is 1.20 bits per heavy atom. The normalized spacial score (nSPS) is 21.2. The first-order chi connectivity index (χ1) is 11.6. The van der Waals surface area contributed by atoms with E-state index < -0.39 is 0 Å². The molecule has 1 saturated heterocycles. The van der Waals surface area contributed by atoms with Gasteiger partial charge >= 0.3 is 0 Å². The summed E-state index contributed by atoms with van der Waals surface area (Å²) < 4.78 is 5.37. The molecule has 0 bridgehead atoms. The molecule has 1 amide bonds. The van der Waals surface area contributed by atoms with Crippen LogP contribution >= 0.6 is 12.4 Å². The molecule has 1 saturated carbocycles. The molecule has 2 N–H and O–H groups in total. The van der Waals surface area contributed by atoms with Gasteiger partial charge in [0.25, 0.3) is 0 Å². The smallest absolute Gasteiger partial charge is 0.230 e. The highest BCUT2D eigenvalue weighted by molar-refractivity contribution is 5.88. The van der Waals surface area contributed by atoms with E-state index >= 15 is 0 Å². The van der Waals surface area contributed by atoms with Crippen molar-refractivity contribution >= 4 is 18.3 Å². The Morgan fingerprint density at radius 2 is 1.88 bits per heavy atom. The Balaban J connectivity index is 0.00000225. The van der Waals surface area contributed by atoms with Gasteiger partial charge in [-0.1, -0.05) is 31.9 Å². The van der Waals surface area contributed by atoms with Gasteiger partial charge in [0.1, 0.15) is 5.75 Å². The van der Waals surface area contributed by atoms with Crippen LogP contribution in [0.3, 0.4) is 0 Å². The van der Waals surface area contributed by atoms with Crippen LogP contribution in [0.5, 0.6) is 5.75 Å². The van der Waals surface area contributed by atoms with E-state index in [2.05, 4.69) is 23.6 Å². The SMILES string of the molecule is COc1cccc(C2(C(=O)NCC3(C)CCNCC3)CCCC2)c1.Cl. The number of methoxy groups -OCH3 is 1. The third-order valence-corrected chi connectivity index (χ3v) is 6.00. The fourth-order valence-corrected chi connectivity index (χ4v) is 4.22. The molecule has 1 aliphatic heterocycles. The van der Waals surface area contributed by atoms with Crippen molar-refractivity contribution in [3.8, 4) is 5.75 Å². The van der Waals surface area contributed by atoms with Crippen LogP contribution in [0.1, 0.15) is 51.0 Å². The van der Waals surface area contributed by atoms with Crippen LogP contribution in [0.15, 0.2) is 24.3 Å². The molecule has 0 spiro atoms. The van der Waals surface area contributed by atoms with Gasteiger partial charge in [-0.3, -0.25) is 4.79 Å². The average Bonchev–Trinajstić information content (AvgIpc) is 3.11. The standard InChI is InChI=1S/C20H30N2O2.ClH/c1-19(10-12-21-13-11-19)15-22-18(23)20(8-3-4-9-20)16-6-5-7-17(14-16)24-2;/h5-7,14,21H,3-4,8-13,15H2,1-2H3,(H,22,23);1H. The van der Waals surface area contributed by atoms with Crippen molar-refractivity contribution in [1.29, 1.82) is 0 Å². The summed E-state index contributed by atoms with van der Waals surface area (Å²) in [7, 11) is 1.68. The number of ether oxygens (including phenoxy) is 1. The van der Waals surface area contributed by atoms with E-state index in [4.69, 9.17) is 4.74 Å². The zero-order chi connectivity index (χ0) is 17.0. The monoisotopic (exact) mass is 366 g/mol. The van der Waals surface area contributed by atoms with Crippen molar-refractivity contribution in [2.45, 2.75) is 50.9 Å². The molecule has 0 atom stereocenters. The van der Waals surface area contributed by atoms with Crippen molar-refractivity contribution in [2.75, 3.05) is 26.7 Å². The minimum absolute atomic E-state index is 0. The summed E-state index contributed by atoms with van der Waals surface area (Å²) in [5.74, 6) is 1.03. The van der Waals surface area contributed by atoms with E-state index in [9.17, 15) is 4.79 Å². The second-order valence-corrected chi connectivity index (χ2v) is 7.76. The second kappa shape index (κ2) is 8.41. The molecule has 1 aliphatic carbocycles. The third kappa shape index (κ3) is 4.29. The van der Waals surface area contributed by atoms with Crippen LogP contribution in [0.4, 0.5) is 0 Å². The molecule has 3 rings (SSSR count). The zero-order valence-electron chi connectivity index (χ0n) is 15.4. The summed E-state index contributed by atoms with van der Waals surface area (Å²) in [5.41, 5.74) is 0.944. The average molecular weight is 367 g/mol. The number of carbonyl (C=O) groups excluding carboxylic acids is 1. The van der Waals surface area contributed by atoms with E-state index in [0.717, 1.165) is 69.5 Å². The molecule has 5 heteroatoms. The molecular formula is C20H31ClN2O2. The van der Waals surface area contributed by atoms with Crippen molar-refractivity contribution in [3.05, 3.63) is 29.8 Å². The summed E-state index contributed by atoms with van der Waals surface area (Å²) in [6.45, 7) is 5.17. The van der Waals surface area contributed by atoms with Crippen LogP contribution in [0.25, 0.3) is 0 Å². The van der Waals surface area contributed by atoms with Gasteiger partial charge in [-0.2, -0.15) is 0 Å². The maximum absolute atomic E-state index is 13.2. The quantitative estimate of drug-likeness (QED) is 0.839. The van der Waals surface area contributed by atoms with Gasteiger partial charge < -0.3 is 15.4 Å². The van der Waals surface area contributed by atoms with Gasteiger partial charge in [-0.15, -0.1) is 12.4 Å². The summed E-state index contributed by atoms with van der Waals surface area (Å²) in [4.78, 5) is 13.2. The van der Waals surface area contributed by atoms with Gasteiger partial charge in [0, 0.05) is 6.54 Å². The number of piperidine rings is 1. The summed E-state index contributed by atoms with van der Waals surface area (Å²) in [6, 6.07) is 8.06. The lowest BCUT2D eigenvalue weighted by Gasteiger charge is -2.36. The minimum Gasteiger partial charge on any atom is -0.497 e. The maximum atomic E-state index is 13.2. The largest absolute Gasteiger partial charge is 0.497 e. The van der Waals surface area contributed by atoms with Crippen molar-refractivity contribution < 1.29 is 9.53 Å². The predicted octanol–water partition coefficient (Wildman–Crippen LogP) is 3.43. The fourth-order valence-electron chi connectivity index (χ4n) is 4.22. The first kappa shape index (κ1) is 20.1. The minimum atomic E-state index is -0.377. The zero-order valence-corrected chi connectivity index (χ0v) is 16.2. The molecule has 140 valence electrons. The van der Waals surface area contributed by atoms with Gasteiger partial charge in [0.05, 0.1) is 12.5 Å². The lowest BCUT2D eigenvalue weighted by molar-refractivity contribution is -0.127. The Bertz CT molecular complexity index is 579. The maximum Gasteiger partial charge on any atom is 0.230 e. The van der Waals surface area contributed by atoms with E-state index in [1.807, 2.05) is 18.2 Å². The molecule has 0 radical (unpaired) electrons. The Labute approximate surface area is 157 Å². The first-order valence-electron chi connectivity index (χ1n) is 9.22. The molecular weight excluding hydrogens is 336 g/mol. The van der Waals surface area contributed by atoms with Crippen LogP contribution in [-0.2, 0) is 10.2 Å². The molecule has 0 unspecified atom stereocenters. The number of carbonyl (C=O) groups is 1. The number of rotatable bonds is 5. The fraction of sp³-hybridized carbons (Fsp3) is 0.650. The number of amides is 1. The lowest BCUT2D eigenvalue weighted by atomic mass is 9.76. The van der Waals surface area contributed by atoms with E-state index in [1.165, 1.54) is 0 Å². The molecule has 2 fully saturated rings. The Morgan fingerprint density at radius 3 is 2.52 bits per heavy atom. The molecule has 1 heterocycles. The molecule has 0 aromatic heterocycles. The van der Waals surface area contributed by atoms with Crippen LogP contribution in [0.2, 0.25) is 0 Å². The van der Waals surface area contributed by atoms with Crippen molar-refractivity contribution in [3.63, 3.8) is 0 Å². The first-order valence-corrected chi connectivity index (χ1v) is 9.22. The van der Waals surface area contributed by atoms with E-state index in [0.29, 0.717) is 0 Å². The lowest BCUT2D eigenvalue weighted by Crippen LogP contribution is -2.48. The van der Waals surface area contributed by atoms with Crippen molar-refractivity contribution in [1.82, 2.24) is 10.6 Å². The topological polar surface area (TPSA) is 50.4 Å². The molecule has 2 aliphatic rings. The van der Waals surface area contributed by atoms with Gasteiger partial charge in [0.15, 0.2) is 0 Å². The molecule has 1 aromatic carbocycles. The third-order valence-electron chi connectivity index (χ3n) is 6.00. The highest BCUT2D eigenvalue weighted by Crippen LogP contribution is 2.42. The van der Waals surface area contributed by atoms with Crippen molar-refractivity contribution in [2.24, 2.45) is 5.41 Å². The summed E-state index contributed by atoms with van der Waals surface area (Å²) >= 11 is 0. The van der Waals surface area contributed by atoms with Gasteiger partial charge in [-0.05, 0) is 61.9 Å². The molecule has 25 heavy (non-hydrogen) atoms. The van der Waals surface area contributed by atoms with Crippen LogP contribution in [-0.4, -0.2) is 32.7 Å². The van der Waals surface area contributed by atoms with Crippen LogP contribution in [0, 0.1) is 5.41 Å². The highest BCUT2D eigenvalue weighted by Gasteiger charge is 2.43. The van der Waals surface area contributed by atoms with Gasteiger partial charge in [0.2, 0.25) is 5.91 Å². The van der Waals surface area contributed by atoms with Crippen LogP contribution < -0.4 is 15.4 Å². The van der Waals surface area contributed by atoms with E-state index in [-0.39, 0.29) is 29.1 Å². The predicted molar refractivity (Wildman–Crippen MR) is 104 cm³/mol. The number of hydrogen-bond acceptors (Lipinski definition) is 3. The Kier molecular flexibility index (Phi) is 6.75. The number of nitrogens with one attached hydrogen (secondary N) is 2. The number of halogens is 1. The summed E-state index contributed by atoms with van der Waals surface area (Å²) in [5, 5.41) is 6.71. The second-order valence-electron chi connectivity index (χ2n) is 7.76. The molecule has 4 nitrogen and oxygen atoms in total. The highest BCUT2D eigenvalue weighted by atomic mass is 35.5. The Hall–Kier alpha value is -1.26.